The first-order valence-electron chi connectivity index (χ1n) is 11.4. The number of carbonyl (C=O) groups is 2. The lowest BCUT2D eigenvalue weighted by Gasteiger charge is -2.42. The number of amides is 2. The normalized spacial score (nSPS) is 22.8. The number of hydrogen-bond acceptors (Lipinski definition) is 3. The summed E-state index contributed by atoms with van der Waals surface area (Å²) in [4.78, 5) is 29.1. The van der Waals surface area contributed by atoms with E-state index in [1.54, 1.807) is 0 Å². The monoisotopic (exact) mass is 431 g/mol. The Hall–Kier alpha value is -2.88. The van der Waals surface area contributed by atoms with Gasteiger partial charge in [-0.3, -0.25) is 9.59 Å². The van der Waals surface area contributed by atoms with Gasteiger partial charge in [-0.2, -0.15) is 0 Å². The highest BCUT2D eigenvalue weighted by Gasteiger charge is 2.48. The number of rotatable bonds is 3. The molecule has 3 aliphatic rings. The van der Waals surface area contributed by atoms with Crippen molar-refractivity contribution in [3.8, 4) is 0 Å². The van der Waals surface area contributed by atoms with Crippen LogP contribution < -0.4 is 4.90 Å². The number of nitrogens with zero attached hydrogens (tertiary/aromatic N) is 1. The quantitative estimate of drug-likeness (QED) is 0.573. The average Bonchev–Trinajstić information content (AvgIpc) is 2.71. The lowest BCUT2D eigenvalue weighted by molar-refractivity contribution is -0.129. The van der Waals surface area contributed by atoms with E-state index in [1.807, 2.05) is 43.4 Å². The number of benzene rings is 1. The van der Waals surface area contributed by atoms with Gasteiger partial charge in [0.2, 0.25) is 5.91 Å². The first-order valence-corrected chi connectivity index (χ1v) is 11.4. The fourth-order valence-corrected chi connectivity index (χ4v) is 4.79. The van der Waals surface area contributed by atoms with Crippen LogP contribution in [-0.4, -0.2) is 18.4 Å². The Bertz CT molecular complexity index is 1100. The van der Waals surface area contributed by atoms with Crippen LogP contribution in [0.15, 0.2) is 65.5 Å². The lowest BCUT2D eigenvalue weighted by atomic mass is 9.70. The van der Waals surface area contributed by atoms with Crippen molar-refractivity contribution in [2.24, 2.45) is 11.8 Å². The van der Waals surface area contributed by atoms with Crippen LogP contribution in [0, 0.1) is 11.8 Å². The van der Waals surface area contributed by atoms with Crippen LogP contribution >= 0.6 is 0 Å². The van der Waals surface area contributed by atoms with Crippen LogP contribution in [0.3, 0.4) is 0 Å². The van der Waals surface area contributed by atoms with E-state index in [9.17, 15) is 9.59 Å². The molecule has 2 unspecified atom stereocenters. The SMILES string of the molecule is CCOC1=C2C=CC=C3C(=O)N(c4cc(C(C)(C)C)ccc4C(C)(C)C)C(=O)C(C=C1)C32. The minimum atomic E-state index is -0.422. The van der Waals surface area contributed by atoms with Gasteiger partial charge < -0.3 is 4.74 Å². The van der Waals surface area contributed by atoms with Crippen LogP contribution in [0.1, 0.15) is 59.6 Å². The molecule has 0 spiro atoms. The van der Waals surface area contributed by atoms with Crippen LogP contribution in [0.25, 0.3) is 0 Å². The van der Waals surface area contributed by atoms with Crippen molar-refractivity contribution < 1.29 is 14.3 Å². The third-order valence-electron chi connectivity index (χ3n) is 6.49. The number of carbonyl (C=O) groups excluding carboxylic acids is 2. The summed E-state index contributed by atoms with van der Waals surface area (Å²) in [6, 6.07) is 6.22. The molecule has 32 heavy (non-hydrogen) atoms. The fourth-order valence-electron chi connectivity index (χ4n) is 4.79. The summed E-state index contributed by atoms with van der Waals surface area (Å²) < 4.78 is 5.79. The summed E-state index contributed by atoms with van der Waals surface area (Å²) in [5, 5.41) is 0. The molecule has 4 rings (SSSR count). The van der Waals surface area contributed by atoms with E-state index in [2.05, 4.69) is 53.7 Å². The zero-order valence-corrected chi connectivity index (χ0v) is 20.2. The van der Waals surface area contributed by atoms with Crippen LogP contribution in [0.5, 0.6) is 0 Å². The van der Waals surface area contributed by atoms with Crippen LogP contribution in [0.2, 0.25) is 0 Å². The molecule has 0 N–H and O–H groups in total. The Morgan fingerprint density at radius 1 is 1.00 bits per heavy atom. The summed E-state index contributed by atoms with van der Waals surface area (Å²) in [6.07, 6.45) is 9.50. The zero-order chi connectivity index (χ0) is 23.4. The molecule has 1 saturated heterocycles. The van der Waals surface area contributed by atoms with Gasteiger partial charge in [0.25, 0.3) is 5.91 Å². The highest BCUT2D eigenvalue weighted by molar-refractivity contribution is 6.25. The van der Waals surface area contributed by atoms with Gasteiger partial charge in [0.15, 0.2) is 0 Å². The molecule has 1 fully saturated rings. The standard InChI is InChI=1S/C28H33NO3/c1-8-32-23-15-13-20-24-18(23)10-9-11-19(24)25(30)29(26(20)31)22-16-17(27(2,3)4)12-14-21(22)28(5,6)7/h9-16,20,24H,8H2,1-7H3. The Morgan fingerprint density at radius 2 is 1.72 bits per heavy atom. The van der Waals surface area contributed by atoms with E-state index in [4.69, 9.17) is 4.74 Å². The van der Waals surface area contributed by atoms with Crippen molar-refractivity contribution in [1.82, 2.24) is 0 Å². The summed E-state index contributed by atoms with van der Waals surface area (Å²) in [5.74, 6) is -0.371. The van der Waals surface area contributed by atoms with Crippen molar-refractivity contribution >= 4 is 17.5 Å². The van der Waals surface area contributed by atoms with E-state index in [-0.39, 0.29) is 28.6 Å². The van der Waals surface area contributed by atoms with E-state index in [0.29, 0.717) is 17.9 Å². The second kappa shape index (κ2) is 7.61. The first kappa shape index (κ1) is 22.3. The molecule has 168 valence electrons. The van der Waals surface area contributed by atoms with Gasteiger partial charge in [-0.05, 0) is 41.0 Å². The van der Waals surface area contributed by atoms with Crippen molar-refractivity contribution in [1.29, 1.82) is 0 Å². The van der Waals surface area contributed by atoms with Gasteiger partial charge in [-0.15, -0.1) is 0 Å². The summed E-state index contributed by atoms with van der Waals surface area (Å²) in [5.41, 5.74) is 4.02. The lowest BCUT2D eigenvalue weighted by Crippen LogP contribution is -2.52. The van der Waals surface area contributed by atoms with Crippen molar-refractivity contribution in [3.05, 3.63) is 76.6 Å². The number of piperidine rings is 1. The summed E-state index contributed by atoms with van der Waals surface area (Å²) in [6.45, 7) is 15.2. The molecule has 0 saturated carbocycles. The maximum atomic E-state index is 13.8. The molecule has 2 amide bonds. The van der Waals surface area contributed by atoms with Gasteiger partial charge in [0, 0.05) is 17.1 Å². The topological polar surface area (TPSA) is 46.6 Å². The molecule has 1 heterocycles. The Balaban J connectivity index is 1.89. The highest BCUT2D eigenvalue weighted by atomic mass is 16.5. The Morgan fingerprint density at radius 3 is 2.34 bits per heavy atom. The first-order chi connectivity index (χ1) is 14.9. The molecule has 0 aromatic heterocycles. The van der Waals surface area contributed by atoms with Gasteiger partial charge >= 0.3 is 0 Å². The van der Waals surface area contributed by atoms with Crippen molar-refractivity contribution in [3.63, 3.8) is 0 Å². The number of allylic oxidation sites excluding steroid dienone is 5. The van der Waals surface area contributed by atoms with Crippen LogP contribution in [0.4, 0.5) is 5.69 Å². The Kier molecular flexibility index (Phi) is 5.31. The largest absolute Gasteiger partial charge is 0.494 e. The van der Waals surface area contributed by atoms with E-state index < -0.39 is 5.92 Å². The average molecular weight is 432 g/mol. The number of anilines is 1. The van der Waals surface area contributed by atoms with Crippen LogP contribution in [-0.2, 0) is 25.2 Å². The highest BCUT2D eigenvalue weighted by Crippen LogP contribution is 2.46. The van der Waals surface area contributed by atoms with Gasteiger partial charge in [0.05, 0.1) is 18.2 Å². The smallest absolute Gasteiger partial charge is 0.261 e. The van der Waals surface area contributed by atoms with Gasteiger partial charge in [0.1, 0.15) is 5.76 Å². The molecular formula is C28H33NO3. The molecule has 2 atom stereocenters. The fraction of sp³-hybridized carbons (Fsp3) is 0.429. The molecule has 1 aliphatic heterocycles. The molecule has 4 nitrogen and oxygen atoms in total. The molecule has 1 aromatic carbocycles. The van der Waals surface area contributed by atoms with Gasteiger partial charge in [-0.25, -0.2) is 4.90 Å². The van der Waals surface area contributed by atoms with Crippen molar-refractivity contribution in [2.75, 3.05) is 11.5 Å². The molecule has 2 aliphatic carbocycles. The number of hydrogen-bond donors (Lipinski definition) is 0. The minimum Gasteiger partial charge on any atom is -0.494 e. The van der Waals surface area contributed by atoms with Crippen molar-refractivity contribution in [2.45, 2.75) is 59.3 Å². The maximum absolute atomic E-state index is 13.8. The second-order valence-corrected chi connectivity index (χ2v) is 10.8. The predicted molar refractivity (Wildman–Crippen MR) is 128 cm³/mol. The summed E-state index contributed by atoms with van der Waals surface area (Å²) >= 11 is 0. The molecule has 0 radical (unpaired) electrons. The minimum absolute atomic E-state index is 0.102. The zero-order valence-electron chi connectivity index (χ0n) is 20.2. The molecule has 0 bridgehead atoms. The molecular weight excluding hydrogens is 398 g/mol. The molecule has 4 heteroatoms. The Labute approximate surface area is 191 Å². The predicted octanol–water partition coefficient (Wildman–Crippen LogP) is 5.74. The number of ether oxygens (including phenoxy) is 1. The third-order valence-corrected chi connectivity index (χ3v) is 6.49. The second-order valence-electron chi connectivity index (χ2n) is 10.8. The van der Waals surface area contributed by atoms with E-state index in [1.165, 1.54) is 4.90 Å². The number of imide groups is 1. The summed E-state index contributed by atoms with van der Waals surface area (Å²) in [7, 11) is 0. The van der Waals surface area contributed by atoms with E-state index in [0.717, 1.165) is 22.5 Å². The molecule has 1 aromatic rings. The van der Waals surface area contributed by atoms with E-state index >= 15 is 0 Å². The van der Waals surface area contributed by atoms with Gasteiger partial charge in [-0.1, -0.05) is 78.0 Å². The third kappa shape index (κ3) is 3.56. The maximum Gasteiger partial charge on any atom is 0.261 e.